The Bertz CT molecular complexity index is 3580. The van der Waals surface area contributed by atoms with Gasteiger partial charge >= 0.3 is 0 Å². The second kappa shape index (κ2) is 19.2. The van der Waals surface area contributed by atoms with E-state index in [1.165, 1.54) is 71.6 Å². The zero-order chi connectivity index (χ0) is 49.4. The van der Waals surface area contributed by atoms with Gasteiger partial charge in [-0.25, -0.2) is 0 Å². The molecule has 0 saturated carbocycles. The van der Waals surface area contributed by atoms with Crippen LogP contribution < -0.4 is 9.80 Å². The summed E-state index contributed by atoms with van der Waals surface area (Å²) in [6.45, 7) is 13.7. The van der Waals surface area contributed by atoms with Gasteiger partial charge in [0.05, 0.1) is 0 Å². The number of hydrogen-bond acceptors (Lipinski definition) is 2. The predicted octanol–water partition coefficient (Wildman–Crippen LogP) is 20.0. The maximum atomic E-state index is 2.48. The van der Waals surface area contributed by atoms with E-state index < -0.39 is 0 Å². The molecular formula is C70H62N2. The molecule has 11 rings (SSSR count). The molecule has 10 aromatic rings. The molecule has 0 saturated heterocycles. The van der Waals surface area contributed by atoms with Crippen LogP contribution in [0.3, 0.4) is 0 Å². The molecule has 2 heteroatoms. The molecule has 0 heterocycles. The van der Waals surface area contributed by atoms with Crippen molar-refractivity contribution in [1.82, 2.24) is 0 Å². The largest absolute Gasteiger partial charge is 0.310 e. The number of fused-ring (bicyclic) bond motifs is 2. The maximum Gasteiger partial charge on any atom is 0.0468 e. The van der Waals surface area contributed by atoms with Crippen LogP contribution in [0.25, 0.3) is 49.4 Å². The number of nitrogens with zero attached hydrogens (tertiary/aromatic N) is 2. The Morgan fingerprint density at radius 2 is 0.764 bits per heavy atom. The number of rotatable bonds is 10. The summed E-state index contributed by atoms with van der Waals surface area (Å²) in [5, 5.41) is 4.86. The van der Waals surface area contributed by atoms with E-state index in [9.17, 15) is 0 Å². The molecule has 352 valence electrons. The molecule has 0 bridgehead atoms. The van der Waals surface area contributed by atoms with Crippen molar-refractivity contribution < 1.29 is 0 Å². The average Bonchev–Trinajstić information content (AvgIpc) is 3.41. The minimum atomic E-state index is 0.0348. The SMILES string of the molecule is CC(C)(C)c1ccc(N(c2ccccc2)c2ccc3c(-c4ccccc4-c4ccccc4)c4cc(N(c5ccccc5)c5ccc(C(C)(C)C)cc5)ccc4c(C4=CC=CCC4c4ccccc4)c3c2)cc1. The Morgan fingerprint density at radius 1 is 0.361 bits per heavy atom. The fourth-order valence-corrected chi connectivity index (χ4v) is 10.8. The van der Waals surface area contributed by atoms with Crippen molar-refractivity contribution in [3.05, 3.63) is 271 Å². The van der Waals surface area contributed by atoms with E-state index in [1.807, 2.05) is 0 Å². The molecule has 0 aromatic heterocycles. The van der Waals surface area contributed by atoms with Crippen molar-refractivity contribution in [3.63, 3.8) is 0 Å². The fraction of sp³-hybridized carbons (Fsp3) is 0.143. The number of hydrogen-bond donors (Lipinski definition) is 0. The van der Waals surface area contributed by atoms with Crippen molar-refractivity contribution in [2.45, 2.75) is 64.7 Å². The van der Waals surface area contributed by atoms with Crippen LogP contribution in [0.15, 0.2) is 249 Å². The average molecular weight is 931 g/mol. The van der Waals surface area contributed by atoms with Crippen molar-refractivity contribution in [2.75, 3.05) is 9.80 Å². The quantitative estimate of drug-likeness (QED) is 0.126. The first-order valence-electron chi connectivity index (χ1n) is 25.5. The van der Waals surface area contributed by atoms with Gasteiger partial charge < -0.3 is 9.80 Å². The van der Waals surface area contributed by atoms with E-state index in [0.29, 0.717) is 0 Å². The molecule has 0 radical (unpaired) electrons. The van der Waals surface area contributed by atoms with Crippen molar-refractivity contribution >= 4 is 61.2 Å². The Kier molecular flexibility index (Phi) is 12.3. The van der Waals surface area contributed by atoms with Crippen molar-refractivity contribution in [1.29, 1.82) is 0 Å². The van der Waals surface area contributed by atoms with Crippen LogP contribution in [0.4, 0.5) is 34.1 Å². The van der Waals surface area contributed by atoms with Gasteiger partial charge in [-0.1, -0.05) is 217 Å². The Balaban J connectivity index is 1.25. The highest BCUT2D eigenvalue weighted by Gasteiger charge is 2.28. The topological polar surface area (TPSA) is 6.48 Å². The molecule has 1 aliphatic carbocycles. The lowest BCUT2D eigenvalue weighted by atomic mass is 9.77. The molecule has 0 aliphatic heterocycles. The van der Waals surface area contributed by atoms with E-state index in [1.54, 1.807) is 0 Å². The van der Waals surface area contributed by atoms with Gasteiger partial charge in [0.2, 0.25) is 0 Å². The molecule has 0 fully saturated rings. The third-order valence-electron chi connectivity index (χ3n) is 14.5. The molecule has 1 aliphatic rings. The van der Waals surface area contributed by atoms with Crippen LogP contribution >= 0.6 is 0 Å². The zero-order valence-corrected chi connectivity index (χ0v) is 42.4. The molecule has 2 nitrogen and oxygen atoms in total. The van der Waals surface area contributed by atoms with Crippen LogP contribution in [0.2, 0.25) is 0 Å². The van der Waals surface area contributed by atoms with E-state index in [4.69, 9.17) is 0 Å². The lowest BCUT2D eigenvalue weighted by Gasteiger charge is -2.30. The number of allylic oxidation sites excluding steroid dienone is 4. The summed E-state index contributed by atoms with van der Waals surface area (Å²) in [5.74, 6) is 0.158. The maximum absolute atomic E-state index is 2.48. The van der Waals surface area contributed by atoms with Gasteiger partial charge in [0.25, 0.3) is 0 Å². The summed E-state index contributed by atoms with van der Waals surface area (Å²) >= 11 is 0. The van der Waals surface area contributed by atoms with Crippen LogP contribution in [0, 0.1) is 0 Å². The Morgan fingerprint density at radius 3 is 1.26 bits per heavy atom. The number of benzene rings is 10. The van der Waals surface area contributed by atoms with Crippen LogP contribution in [-0.2, 0) is 10.8 Å². The first-order valence-corrected chi connectivity index (χ1v) is 25.5. The summed E-state index contributed by atoms with van der Waals surface area (Å²) in [5.41, 5.74) is 18.1. The third kappa shape index (κ3) is 8.95. The highest BCUT2D eigenvalue weighted by atomic mass is 15.1. The molecule has 72 heavy (non-hydrogen) atoms. The van der Waals surface area contributed by atoms with E-state index >= 15 is 0 Å². The summed E-state index contributed by atoms with van der Waals surface area (Å²) < 4.78 is 0. The van der Waals surface area contributed by atoms with Crippen LogP contribution in [-0.4, -0.2) is 0 Å². The first-order chi connectivity index (χ1) is 35.0. The minimum absolute atomic E-state index is 0.0348. The third-order valence-corrected chi connectivity index (χ3v) is 14.5. The summed E-state index contributed by atoms with van der Waals surface area (Å²) in [6.07, 6.45) is 7.91. The van der Waals surface area contributed by atoms with Gasteiger partial charge in [0, 0.05) is 40.0 Å². The highest BCUT2D eigenvalue weighted by molar-refractivity contribution is 6.21. The monoisotopic (exact) mass is 930 g/mol. The molecule has 1 unspecified atom stereocenters. The fourth-order valence-electron chi connectivity index (χ4n) is 10.8. The second-order valence-corrected chi connectivity index (χ2v) is 21.3. The summed E-state index contributed by atoms with van der Waals surface area (Å²) in [6, 6.07) is 85.5. The van der Waals surface area contributed by atoms with Gasteiger partial charge in [-0.2, -0.15) is 0 Å². The molecular weight excluding hydrogens is 869 g/mol. The van der Waals surface area contributed by atoms with E-state index in [0.717, 1.165) is 40.5 Å². The minimum Gasteiger partial charge on any atom is -0.310 e. The normalized spacial score (nSPS) is 13.8. The van der Waals surface area contributed by atoms with Gasteiger partial charge in [0.15, 0.2) is 0 Å². The van der Waals surface area contributed by atoms with E-state index in [-0.39, 0.29) is 16.7 Å². The Hall–Kier alpha value is -8.20. The molecule has 0 N–H and O–H groups in total. The standard InChI is InChI=1S/C70H62N2/c1-69(2,3)51-35-39-55(40-36-51)71(53-27-15-9-16-28-53)57-43-45-63-65(47-57)67(61-33-21-19-31-59(61)49-23-11-7-12-24-49)64-46-44-58(48-66(64)68(63)62-34-22-20-32-60(62)50-25-13-8-14-26-50)72(54-29-17-10-18-30-54)56-41-37-52(38-42-56)70(4,5)6/h7-31,33-48,60H,32H2,1-6H3. The summed E-state index contributed by atoms with van der Waals surface area (Å²) in [7, 11) is 0. The Labute approximate surface area is 426 Å². The van der Waals surface area contributed by atoms with E-state index in [2.05, 4.69) is 300 Å². The van der Waals surface area contributed by atoms with Crippen LogP contribution in [0.5, 0.6) is 0 Å². The van der Waals surface area contributed by atoms with Crippen molar-refractivity contribution in [3.8, 4) is 22.3 Å². The summed E-state index contributed by atoms with van der Waals surface area (Å²) in [4.78, 5) is 4.84. The number of para-hydroxylation sites is 2. The molecule has 10 aromatic carbocycles. The molecule has 1 atom stereocenters. The zero-order valence-electron chi connectivity index (χ0n) is 42.4. The second-order valence-electron chi connectivity index (χ2n) is 21.3. The smallest absolute Gasteiger partial charge is 0.0468 e. The lowest BCUT2D eigenvalue weighted by molar-refractivity contribution is 0.590. The highest BCUT2D eigenvalue weighted by Crippen LogP contribution is 2.51. The molecule has 0 amide bonds. The van der Waals surface area contributed by atoms with Gasteiger partial charge in [0.1, 0.15) is 0 Å². The molecule has 0 spiro atoms. The first kappa shape index (κ1) is 46.2. The predicted molar refractivity (Wildman–Crippen MR) is 310 cm³/mol. The van der Waals surface area contributed by atoms with Gasteiger partial charge in [-0.3, -0.25) is 0 Å². The van der Waals surface area contributed by atoms with Crippen molar-refractivity contribution in [2.24, 2.45) is 0 Å². The number of anilines is 6. The van der Waals surface area contributed by atoms with Gasteiger partial charge in [-0.05, 0) is 162 Å². The lowest BCUT2D eigenvalue weighted by Crippen LogP contribution is -2.13. The van der Waals surface area contributed by atoms with Crippen LogP contribution in [0.1, 0.15) is 76.1 Å². The van der Waals surface area contributed by atoms with Gasteiger partial charge in [-0.15, -0.1) is 0 Å².